The summed E-state index contributed by atoms with van der Waals surface area (Å²) in [5.74, 6) is 1.75. The molecule has 0 unspecified atom stereocenters. The van der Waals surface area contributed by atoms with Crippen molar-refractivity contribution in [1.29, 1.82) is 0 Å². The number of likely N-dealkylation sites (tertiary alicyclic amines) is 1. The van der Waals surface area contributed by atoms with Crippen LogP contribution in [0.2, 0.25) is 0 Å². The van der Waals surface area contributed by atoms with E-state index in [0.29, 0.717) is 12.5 Å². The number of carbonyl (C=O) groups is 2. The lowest BCUT2D eigenvalue weighted by atomic mass is 10.0. The molecule has 5 nitrogen and oxygen atoms in total. The molecule has 0 atom stereocenters. The Morgan fingerprint density at radius 1 is 0.917 bits per heavy atom. The Morgan fingerprint density at radius 3 is 2.29 bits per heavy atom. The van der Waals surface area contributed by atoms with E-state index in [1.807, 2.05) is 4.90 Å². The summed E-state index contributed by atoms with van der Waals surface area (Å²) in [7, 11) is 0. The zero-order valence-electron chi connectivity index (χ0n) is 14.9. The Morgan fingerprint density at radius 2 is 1.62 bits per heavy atom. The van der Waals surface area contributed by atoms with Crippen LogP contribution in [0.5, 0.6) is 0 Å². The lowest BCUT2D eigenvalue weighted by molar-refractivity contribution is -0.133. The van der Waals surface area contributed by atoms with Crippen LogP contribution in [0.15, 0.2) is 0 Å². The molecule has 1 saturated heterocycles. The summed E-state index contributed by atoms with van der Waals surface area (Å²) in [6, 6.07) is 0.565. The molecule has 0 radical (unpaired) electrons. The van der Waals surface area contributed by atoms with E-state index in [1.165, 1.54) is 38.5 Å². The van der Waals surface area contributed by atoms with E-state index in [-0.39, 0.29) is 18.4 Å². The van der Waals surface area contributed by atoms with Crippen molar-refractivity contribution in [3.63, 3.8) is 0 Å². The lowest BCUT2D eigenvalue weighted by Crippen LogP contribution is -2.48. The van der Waals surface area contributed by atoms with Crippen LogP contribution in [0.1, 0.15) is 64.2 Å². The number of nitrogens with one attached hydrogen (secondary N) is 2. The number of amides is 2. The van der Waals surface area contributed by atoms with Crippen molar-refractivity contribution >= 4 is 11.8 Å². The minimum Gasteiger partial charge on any atom is -0.347 e. The average Bonchev–Trinajstić information content (AvgIpc) is 3.29. The van der Waals surface area contributed by atoms with Gasteiger partial charge in [-0.05, 0) is 50.5 Å². The Hall–Kier alpha value is -1.10. The fraction of sp³-hybridized carbons (Fsp3) is 0.895. The highest BCUT2D eigenvalue weighted by atomic mass is 16.2. The Balaban J connectivity index is 1.25. The molecule has 3 rings (SSSR count). The Labute approximate surface area is 145 Å². The molecule has 2 amide bonds. The van der Waals surface area contributed by atoms with Gasteiger partial charge in [-0.25, -0.2) is 0 Å². The number of carbonyl (C=O) groups excluding carboxylic acids is 2. The quantitative estimate of drug-likeness (QED) is 0.714. The summed E-state index contributed by atoms with van der Waals surface area (Å²) in [5.41, 5.74) is 0. The van der Waals surface area contributed by atoms with Gasteiger partial charge in [0.25, 0.3) is 0 Å². The van der Waals surface area contributed by atoms with Crippen LogP contribution in [0.3, 0.4) is 0 Å². The van der Waals surface area contributed by atoms with Gasteiger partial charge in [0.1, 0.15) is 0 Å². The van der Waals surface area contributed by atoms with Crippen molar-refractivity contribution < 1.29 is 9.59 Å². The molecule has 0 spiro atoms. The van der Waals surface area contributed by atoms with Crippen LogP contribution in [0.25, 0.3) is 0 Å². The van der Waals surface area contributed by atoms with E-state index in [0.717, 1.165) is 50.7 Å². The third-order valence-electron chi connectivity index (χ3n) is 5.93. The molecular formula is C19H33N3O2. The van der Waals surface area contributed by atoms with Crippen LogP contribution in [-0.2, 0) is 9.59 Å². The standard InChI is InChI=1S/C19H33N3O2/c23-18(8-7-15-3-1-2-4-15)21-14-19(24)22-11-9-17(10-12-22)20-13-16-5-6-16/h15-17,20H,1-14H2,(H,21,23). The fourth-order valence-corrected chi connectivity index (χ4v) is 4.00. The van der Waals surface area contributed by atoms with Crippen LogP contribution in [-0.4, -0.2) is 48.9 Å². The first-order chi connectivity index (χ1) is 11.7. The van der Waals surface area contributed by atoms with Crippen molar-refractivity contribution in [2.45, 2.75) is 70.3 Å². The van der Waals surface area contributed by atoms with Gasteiger partial charge in [0, 0.05) is 25.6 Å². The maximum atomic E-state index is 12.2. The van der Waals surface area contributed by atoms with E-state index in [1.54, 1.807) is 0 Å². The van der Waals surface area contributed by atoms with E-state index < -0.39 is 0 Å². The van der Waals surface area contributed by atoms with Gasteiger partial charge in [-0.3, -0.25) is 9.59 Å². The molecule has 5 heteroatoms. The van der Waals surface area contributed by atoms with Gasteiger partial charge >= 0.3 is 0 Å². The SMILES string of the molecule is O=C(CCC1CCCC1)NCC(=O)N1CCC(NCC2CC2)CC1. The van der Waals surface area contributed by atoms with Crippen molar-refractivity contribution in [3.05, 3.63) is 0 Å². The van der Waals surface area contributed by atoms with Crippen LogP contribution < -0.4 is 10.6 Å². The molecule has 2 aliphatic carbocycles. The minimum atomic E-state index is 0.0382. The van der Waals surface area contributed by atoms with Crippen LogP contribution >= 0.6 is 0 Å². The highest BCUT2D eigenvalue weighted by Gasteiger charge is 2.26. The smallest absolute Gasteiger partial charge is 0.241 e. The van der Waals surface area contributed by atoms with Gasteiger partial charge in [-0.1, -0.05) is 25.7 Å². The molecule has 3 aliphatic rings. The van der Waals surface area contributed by atoms with E-state index >= 15 is 0 Å². The number of piperidine rings is 1. The van der Waals surface area contributed by atoms with Gasteiger partial charge in [0.2, 0.25) is 11.8 Å². The zero-order valence-corrected chi connectivity index (χ0v) is 14.9. The molecule has 0 aromatic carbocycles. The summed E-state index contributed by atoms with van der Waals surface area (Å²) < 4.78 is 0. The van der Waals surface area contributed by atoms with Crippen LogP contribution in [0, 0.1) is 11.8 Å². The van der Waals surface area contributed by atoms with E-state index in [4.69, 9.17) is 0 Å². The molecule has 0 aromatic rings. The fourth-order valence-electron chi connectivity index (χ4n) is 4.00. The van der Waals surface area contributed by atoms with Crippen molar-refractivity contribution in [3.8, 4) is 0 Å². The summed E-state index contributed by atoms with van der Waals surface area (Å²) in [6.45, 7) is 2.96. The Kier molecular flexibility index (Phi) is 6.52. The maximum Gasteiger partial charge on any atom is 0.241 e. The van der Waals surface area contributed by atoms with Gasteiger partial charge < -0.3 is 15.5 Å². The average molecular weight is 335 g/mol. The highest BCUT2D eigenvalue weighted by molar-refractivity contribution is 5.84. The van der Waals surface area contributed by atoms with Crippen molar-refractivity contribution in [2.24, 2.45) is 11.8 Å². The summed E-state index contributed by atoms with van der Waals surface area (Å²) in [4.78, 5) is 26.0. The molecule has 0 aromatic heterocycles. The topological polar surface area (TPSA) is 61.4 Å². The summed E-state index contributed by atoms with van der Waals surface area (Å²) >= 11 is 0. The lowest BCUT2D eigenvalue weighted by Gasteiger charge is -2.32. The molecule has 136 valence electrons. The maximum absolute atomic E-state index is 12.2. The summed E-state index contributed by atoms with van der Waals surface area (Å²) in [6.07, 6.45) is 11.6. The molecule has 24 heavy (non-hydrogen) atoms. The number of hydrogen-bond donors (Lipinski definition) is 2. The van der Waals surface area contributed by atoms with E-state index in [9.17, 15) is 9.59 Å². The molecule has 3 fully saturated rings. The van der Waals surface area contributed by atoms with Gasteiger partial charge in [-0.2, -0.15) is 0 Å². The normalized spacial score (nSPS) is 22.8. The van der Waals surface area contributed by atoms with Gasteiger partial charge in [-0.15, -0.1) is 0 Å². The zero-order chi connectivity index (χ0) is 16.8. The second-order valence-corrected chi connectivity index (χ2v) is 7.97. The second kappa shape index (κ2) is 8.84. The van der Waals surface area contributed by atoms with Crippen molar-refractivity contribution in [2.75, 3.05) is 26.2 Å². The van der Waals surface area contributed by atoms with Gasteiger partial charge in [0.15, 0.2) is 0 Å². The van der Waals surface area contributed by atoms with E-state index in [2.05, 4.69) is 10.6 Å². The predicted octanol–water partition coefficient (Wildman–Crippen LogP) is 2.06. The third-order valence-corrected chi connectivity index (χ3v) is 5.93. The van der Waals surface area contributed by atoms with Crippen molar-refractivity contribution in [1.82, 2.24) is 15.5 Å². The molecule has 2 N–H and O–H groups in total. The van der Waals surface area contributed by atoms with Gasteiger partial charge in [0.05, 0.1) is 6.54 Å². The number of hydrogen-bond acceptors (Lipinski definition) is 3. The number of nitrogens with zero attached hydrogens (tertiary/aromatic N) is 1. The molecule has 2 saturated carbocycles. The monoisotopic (exact) mass is 335 g/mol. The second-order valence-electron chi connectivity index (χ2n) is 7.97. The minimum absolute atomic E-state index is 0.0382. The summed E-state index contributed by atoms with van der Waals surface area (Å²) in [5, 5.41) is 6.45. The first-order valence-electron chi connectivity index (χ1n) is 9.98. The van der Waals surface area contributed by atoms with Crippen LogP contribution in [0.4, 0.5) is 0 Å². The third kappa shape index (κ3) is 5.76. The predicted molar refractivity (Wildman–Crippen MR) is 94.5 cm³/mol. The highest BCUT2D eigenvalue weighted by Crippen LogP contribution is 2.28. The first kappa shape index (κ1) is 17.7. The largest absolute Gasteiger partial charge is 0.347 e. The molecule has 1 heterocycles. The molecule has 0 bridgehead atoms. The number of rotatable bonds is 8. The first-order valence-corrected chi connectivity index (χ1v) is 9.98. The molecular weight excluding hydrogens is 302 g/mol. The Bertz CT molecular complexity index is 422. The molecule has 1 aliphatic heterocycles.